The molecule has 0 aliphatic heterocycles. The SMILES string of the molecule is COc1cc(C=C2C=Cc3ccccc32)ccc1N(C)C. The molecule has 0 aromatic heterocycles. The molecule has 2 aromatic carbocycles. The Bertz CT molecular complexity index is 726. The van der Waals surface area contributed by atoms with Crippen LogP contribution in [0.3, 0.4) is 0 Å². The maximum Gasteiger partial charge on any atom is 0.142 e. The lowest BCUT2D eigenvalue weighted by molar-refractivity contribution is 0.415. The highest BCUT2D eigenvalue weighted by atomic mass is 16.5. The summed E-state index contributed by atoms with van der Waals surface area (Å²) in [6.07, 6.45) is 6.52. The Morgan fingerprint density at radius 2 is 1.81 bits per heavy atom. The number of benzene rings is 2. The van der Waals surface area contributed by atoms with Crippen molar-refractivity contribution in [2.45, 2.75) is 0 Å². The molecular formula is C19H19NO. The summed E-state index contributed by atoms with van der Waals surface area (Å²) in [6, 6.07) is 14.7. The van der Waals surface area contributed by atoms with Gasteiger partial charge < -0.3 is 9.64 Å². The van der Waals surface area contributed by atoms with Crippen LogP contribution in [0.4, 0.5) is 5.69 Å². The summed E-state index contributed by atoms with van der Waals surface area (Å²) in [4.78, 5) is 2.06. The van der Waals surface area contributed by atoms with E-state index < -0.39 is 0 Å². The third-order valence-electron chi connectivity index (χ3n) is 3.72. The molecule has 106 valence electrons. The van der Waals surface area contributed by atoms with E-state index in [-0.39, 0.29) is 0 Å². The summed E-state index contributed by atoms with van der Waals surface area (Å²) in [7, 11) is 5.75. The fraction of sp³-hybridized carbons (Fsp3) is 0.158. The van der Waals surface area contributed by atoms with Crippen molar-refractivity contribution < 1.29 is 4.74 Å². The lowest BCUT2D eigenvalue weighted by Gasteiger charge is -2.17. The van der Waals surface area contributed by atoms with Crippen LogP contribution in [0.5, 0.6) is 5.75 Å². The number of methoxy groups -OCH3 is 1. The van der Waals surface area contributed by atoms with Crippen molar-refractivity contribution in [1.82, 2.24) is 0 Å². The van der Waals surface area contributed by atoms with E-state index in [9.17, 15) is 0 Å². The first-order chi connectivity index (χ1) is 10.2. The molecule has 1 aliphatic carbocycles. The zero-order valence-electron chi connectivity index (χ0n) is 12.6. The van der Waals surface area contributed by atoms with E-state index in [0.717, 1.165) is 17.0 Å². The van der Waals surface area contributed by atoms with Crippen molar-refractivity contribution in [2.24, 2.45) is 0 Å². The van der Waals surface area contributed by atoms with Crippen LogP contribution >= 0.6 is 0 Å². The predicted octanol–water partition coefficient (Wildman–Crippen LogP) is 4.33. The Balaban J connectivity index is 2.00. The van der Waals surface area contributed by atoms with Crippen molar-refractivity contribution in [3.63, 3.8) is 0 Å². The number of hydrogen-bond donors (Lipinski definition) is 0. The molecule has 0 radical (unpaired) electrons. The van der Waals surface area contributed by atoms with Gasteiger partial charge >= 0.3 is 0 Å². The highest BCUT2D eigenvalue weighted by Crippen LogP contribution is 2.33. The summed E-state index contributed by atoms with van der Waals surface area (Å²) in [6.45, 7) is 0. The molecule has 0 bridgehead atoms. The Labute approximate surface area is 126 Å². The molecule has 1 aliphatic rings. The molecule has 0 spiro atoms. The molecule has 0 saturated carbocycles. The van der Waals surface area contributed by atoms with Gasteiger partial charge in [0.25, 0.3) is 0 Å². The van der Waals surface area contributed by atoms with Crippen molar-refractivity contribution in [1.29, 1.82) is 0 Å². The van der Waals surface area contributed by atoms with Crippen LogP contribution < -0.4 is 9.64 Å². The van der Waals surface area contributed by atoms with Gasteiger partial charge in [-0.1, -0.05) is 42.5 Å². The van der Waals surface area contributed by atoms with Gasteiger partial charge in [0.05, 0.1) is 12.8 Å². The van der Waals surface area contributed by atoms with Crippen LogP contribution in [-0.4, -0.2) is 21.2 Å². The summed E-state index contributed by atoms with van der Waals surface area (Å²) in [5.74, 6) is 0.893. The summed E-state index contributed by atoms with van der Waals surface area (Å²) in [5.41, 5.74) is 6.04. The molecule has 0 fully saturated rings. The van der Waals surface area contributed by atoms with Crippen LogP contribution in [-0.2, 0) is 0 Å². The first-order valence-electron chi connectivity index (χ1n) is 7.03. The molecule has 0 unspecified atom stereocenters. The van der Waals surface area contributed by atoms with Gasteiger partial charge in [0.2, 0.25) is 0 Å². The number of nitrogens with zero attached hydrogens (tertiary/aromatic N) is 1. The Morgan fingerprint density at radius 1 is 1.00 bits per heavy atom. The van der Waals surface area contributed by atoms with E-state index in [1.165, 1.54) is 16.7 Å². The zero-order chi connectivity index (χ0) is 14.8. The van der Waals surface area contributed by atoms with Crippen LogP contribution in [0.1, 0.15) is 16.7 Å². The lowest BCUT2D eigenvalue weighted by Crippen LogP contribution is -2.10. The standard InChI is InChI=1S/C19H19NO/c1-20(2)18-11-8-14(13-19(18)21-3)12-16-10-9-15-6-4-5-7-17(15)16/h4-13H,1-3H3. The number of fused-ring (bicyclic) bond motifs is 1. The van der Waals surface area contributed by atoms with Crippen LogP contribution in [0.25, 0.3) is 17.7 Å². The van der Waals surface area contributed by atoms with Crippen molar-refractivity contribution in [3.8, 4) is 5.75 Å². The van der Waals surface area contributed by atoms with Crippen LogP contribution in [0.2, 0.25) is 0 Å². The molecule has 2 heteroatoms. The second kappa shape index (κ2) is 5.49. The van der Waals surface area contributed by atoms with Gasteiger partial charge in [-0.25, -0.2) is 0 Å². The largest absolute Gasteiger partial charge is 0.495 e. The zero-order valence-corrected chi connectivity index (χ0v) is 12.6. The van der Waals surface area contributed by atoms with Crippen LogP contribution in [0.15, 0.2) is 48.5 Å². The molecular weight excluding hydrogens is 258 g/mol. The average molecular weight is 277 g/mol. The quantitative estimate of drug-likeness (QED) is 0.828. The van der Waals surface area contributed by atoms with Crippen molar-refractivity contribution >= 4 is 23.4 Å². The average Bonchev–Trinajstić information content (AvgIpc) is 2.90. The molecule has 0 amide bonds. The van der Waals surface area contributed by atoms with E-state index in [0.29, 0.717) is 0 Å². The number of anilines is 1. The van der Waals surface area contributed by atoms with E-state index in [1.54, 1.807) is 7.11 Å². The second-order valence-corrected chi connectivity index (χ2v) is 5.35. The molecule has 0 atom stereocenters. The Morgan fingerprint density at radius 3 is 2.57 bits per heavy atom. The van der Waals surface area contributed by atoms with Gasteiger partial charge in [0.15, 0.2) is 0 Å². The van der Waals surface area contributed by atoms with Gasteiger partial charge in [-0.15, -0.1) is 0 Å². The minimum absolute atomic E-state index is 0.893. The van der Waals surface area contributed by atoms with E-state index >= 15 is 0 Å². The monoisotopic (exact) mass is 277 g/mol. The molecule has 21 heavy (non-hydrogen) atoms. The van der Waals surface area contributed by atoms with E-state index in [2.05, 4.69) is 65.6 Å². The maximum atomic E-state index is 5.49. The van der Waals surface area contributed by atoms with E-state index in [1.807, 2.05) is 14.1 Å². The van der Waals surface area contributed by atoms with Gasteiger partial charge in [-0.2, -0.15) is 0 Å². The minimum atomic E-state index is 0.893. The molecule has 3 rings (SSSR count). The summed E-state index contributed by atoms with van der Waals surface area (Å²) < 4.78 is 5.49. The number of rotatable bonds is 3. The van der Waals surface area contributed by atoms with Crippen molar-refractivity contribution in [2.75, 3.05) is 26.1 Å². The molecule has 0 saturated heterocycles. The van der Waals surface area contributed by atoms with E-state index in [4.69, 9.17) is 4.74 Å². The smallest absolute Gasteiger partial charge is 0.142 e. The predicted molar refractivity (Wildman–Crippen MR) is 90.7 cm³/mol. The molecule has 2 nitrogen and oxygen atoms in total. The molecule has 0 heterocycles. The van der Waals surface area contributed by atoms with Gasteiger partial charge in [0.1, 0.15) is 5.75 Å². The van der Waals surface area contributed by atoms with Gasteiger partial charge in [-0.05, 0) is 40.5 Å². The summed E-state index contributed by atoms with van der Waals surface area (Å²) >= 11 is 0. The molecule has 0 N–H and O–H groups in total. The Hall–Kier alpha value is -2.48. The third-order valence-corrected chi connectivity index (χ3v) is 3.72. The third kappa shape index (κ3) is 2.57. The highest BCUT2D eigenvalue weighted by Gasteiger charge is 2.10. The Kier molecular flexibility index (Phi) is 3.53. The normalized spacial score (nSPS) is 14.3. The van der Waals surface area contributed by atoms with Gasteiger partial charge in [-0.3, -0.25) is 0 Å². The number of hydrogen-bond acceptors (Lipinski definition) is 2. The first kappa shape index (κ1) is 13.5. The van der Waals surface area contributed by atoms with Crippen molar-refractivity contribution in [3.05, 3.63) is 65.2 Å². The highest BCUT2D eigenvalue weighted by molar-refractivity contribution is 5.97. The fourth-order valence-electron chi connectivity index (χ4n) is 2.63. The molecule has 2 aromatic rings. The fourth-order valence-corrected chi connectivity index (χ4v) is 2.63. The lowest BCUT2D eigenvalue weighted by atomic mass is 10.0. The number of ether oxygens (including phenoxy) is 1. The second-order valence-electron chi connectivity index (χ2n) is 5.35. The summed E-state index contributed by atoms with van der Waals surface area (Å²) in [5, 5.41) is 0. The first-order valence-corrected chi connectivity index (χ1v) is 7.03. The van der Waals surface area contributed by atoms with Gasteiger partial charge in [0, 0.05) is 14.1 Å². The minimum Gasteiger partial charge on any atom is -0.495 e. The topological polar surface area (TPSA) is 12.5 Å². The number of allylic oxidation sites excluding steroid dienone is 2. The maximum absolute atomic E-state index is 5.49. The van der Waals surface area contributed by atoms with Crippen LogP contribution in [0, 0.1) is 0 Å².